The van der Waals surface area contributed by atoms with Gasteiger partial charge < -0.3 is 15.2 Å². The smallest absolute Gasteiger partial charge is 0.119 e. The molecule has 0 aromatic heterocycles. The largest absolute Gasteiger partial charge is 0.497 e. The van der Waals surface area contributed by atoms with Gasteiger partial charge in [-0.3, -0.25) is 4.90 Å². The van der Waals surface area contributed by atoms with Crippen molar-refractivity contribution in [2.75, 3.05) is 39.8 Å². The van der Waals surface area contributed by atoms with Crippen LogP contribution >= 0.6 is 0 Å². The number of ether oxygens (including phenoxy) is 1. The summed E-state index contributed by atoms with van der Waals surface area (Å²) in [6.45, 7) is 6.85. The molecule has 2 N–H and O–H groups in total. The lowest BCUT2D eigenvalue weighted by molar-refractivity contribution is 0.105. The molecule has 4 heteroatoms. The van der Waals surface area contributed by atoms with E-state index in [0.29, 0.717) is 6.54 Å². The molecule has 0 radical (unpaired) electrons. The van der Waals surface area contributed by atoms with E-state index in [2.05, 4.69) is 17.1 Å². The number of methoxy groups -OCH3 is 1. The minimum Gasteiger partial charge on any atom is -0.497 e. The number of rotatable bonds is 5. The highest BCUT2D eigenvalue weighted by Gasteiger charge is 2.17. The second-order valence-electron chi connectivity index (χ2n) is 4.98. The van der Waals surface area contributed by atoms with Crippen molar-refractivity contribution in [1.82, 2.24) is 10.2 Å². The Balaban J connectivity index is 2.06. The van der Waals surface area contributed by atoms with Crippen molar-refractivity contribution in [2.45, 2.75) is 19.4 Å². The Bertz CT molecular complexity index is 403. The van der Waals surface area contributed by atoms with Crippen LogP contribution in [0.1, 0.15) is 24.2 Å². The third-order valence-electron chi connectivity index (χ3n) is 3.73. The molecule has 1 aromatic rings. The minimum atomic E-state index is -0.418. The molecule has 19 heavy (non-hydrogen) atoms. The van der Waals surface area contributed by atoms with Gasteiger partial charge in [0.25, 0.3) is 0 Å². The predicted molar refractivity (Wildman–Crippen MR) is 76.6 cm³/mol. The van der Waals surface area contributed by atoms with Crippen LogP contribution in [0.25, 0.3) is 0 Å². The molecule has 0 aliphatic carbocycles. The standard InChI is InChI=1S/C15H24N2O2/c1-3-12-10-13(19-2)4-5-14(12)15(18)11-17-8-6-16-7-9-17/h4-5,10,15-16,18H,3,6-9,11H2,1-2H3. The van der Waals surface area contributed by atoms with Crippen molar-refractivity contribution in [1.29, 1.82) is 0 Å². The maximum absolute atomic E-state index is 10.4. The lowest BCUT2D eigenvalue weighted by Crippen LogP contribution is -2.45. The zero-order chi connectivity index (χ0) is 13.7. The number of hydrogen-bond acceptors (Lipinski definition) is 4. The van der Waals surface area contributed by atoms with E-state index >= 15 is 0 Å². The van der Waals surface area contributed by atoms with Gasteiger partial charge in [-0.25, -0.2) is 0 Å². The SMILES string of the molecule is CCc1cc(OC)ccc1C(O)CN1CCNCC1. The molecule has 0 amide bonds. The predicted octanol–water partition coefficient (Wildman–Crippen LogP) is 1.20. The van der Waals surface area contributed by atoms with Gasteiger partial charge in [0.1, 0.15) is 5.75 Å². The second kappa shape index (κ2) is 6.89. The fourth-order valence-electron chi connectivity index (χ4n) is 2.58. The van der Waals surface area contributed by atoms with Gasteiger partial charge in [0, 0.05) is 32.7 Å². The van der Waals surface area contributed by atoms with E-state index in [9.17, 15) is 5.11 Å². The van der Waals surface area contributed by atoms with Crippen molar-refractivity contribution < 1.29 is 9.84 Å². The summed E-state index contributed by atoms with van der Waals surface area (Å²) in [6.07, 6.45) is 0.490. The first-order chi connectivity index (χ1) is 9.24. The molecular formula is C15H24N2O2. The summed E-state index contributed by atoms with van der Waals surface area (Å²) in [4.78, 5) is 2.31. The van der Waals surface area contributed by atoms with Crippen LogP contribution in [0.5, 0.6) is 5.75 Å². The van der Waals surface area contributed by atoms with Crippen molar-refractivity contribution in [3.05, 3.63) is 29.3 Å². The van der Waals surface area contributed by atoms with E-state index in [0.717, 1.165) is 43.9 Å². The molecule has 1 fully saturated rings. The summed E-state index contributed by atoms with van der Waals surface area (Å²) in [5.74, 6) is 0.856. The van der Waals surface area contributed by atoms with E-state index in [-0.39, 0.29) is 0 Å². The van der Waals surface area contributed by atoms with Gasteiger partial charge in [0.2, 0.25) is 0 Å². The lowest BCUT2D eigenvalue weighted by Gasteiger charge is -2.29. The number of benzene rings is 1. The van der Waals surface area contributed by atoms with Crippen LogP contribution in [-0.2, 0) is 6.42 Å². The fourth-order valence-corrected chi connectivity index (χ4v) is 2.58. The average Bonchev–Trinajstić information content (AvgIpc) is 2.47. The van der Waals surface area contributed by atoms with E-state index in [1.807, 2.05) is 18.2 Å². The molecule has 106 valence electrons. The monoisotopic (exact) mass is 264 g/mol. The lowest BCUT2D eigenvalue weighted by atomic mass is 9.99. The average molecular weight is 264 g/mol. The van der Waals surface area contributed by atoms with Crippen molar-refractivity contribution in [3.63, 3.8) is 0 Å². The zero-order valence-corrected chi connectivity index (χ0v) is 11.9. The van der Waals surface area contributed by atoms with Crippen LogP contribution in [0.3, 0.4) is 0 Å². The second-order valence-corrected chi connectivity index (χ2v) is 4.98. The first-order valence-electron chi connectivity index (χ1n) is 7.02. The van der Waals surface area contributed by atoms with Crippen LogP contribution in [0, 0.1) is 0 Å². The van der Waals surface area contributed by atoms with Gasteiger partial charge in [-0.15, -0.1) is 0 Å². The molecule has 1 heterocycles. The Hall–Kier alpha value is -1.10. The number of piperazine rings is 1. The maximum atomic E-state index is 10.4. The van der Waals surface area contributed by atoms with Gasteiger partial charge in [-0.2, -0.15) is 0 Å². The zero-order valence-electron chi connectivity index (χ0n) is 11.9. The molecular weight excluding hydrogens is 240 g/mol. The highest BCUT2D eigenvalue weighted by molar-refractivity contribution is 5.37. The molecule has 0 spiro atoms. The van der Waals surface area contributed by atoms with Crippen molar-refractivity contribution >= 4 is 0 Å². The maximum Gasteiger partial charge on any atom is 0.119 e. The summed E-state index contributed by atoms with van der Waals surface area (Å²) in [7, 11) is 1.67. The Morgan fingerprint density at radius 1 is 1.37 bits per heavy atom. The molecule has 1 aliphatic rings. The van der Waals surface area contributed by atoms with E-state index < -0.39 is 6.10 Å². The molecule has 1 saturated heterocycles. The number of nitrogens with zero attached hydrogens (tertiary/aromatic N) is 1. The summed E-state index contributed by atoms with van der Waals surface area (Å²) >= 11 is 0. The number of β-amino-alcohol motifs (C(OH)–C–C–N with tert-alkyl or cyclic N) is 1. The number of aliphatic hydroxyl groups is 1. The van der Waals surface area contributed by atoms with Gasteiger partial charge in [-0.1, -0.05) is 13.0 Å². The Labute approximate surface area is 115 Å². The molecule has 2 rings (SSSR count). The summed E-state index contributed by atoms with van der Waals surface area (Å²) in [5, 5.41) is 13.8. The molecule has 1 aliphatic heterocycles. The van der Waals surface area contributed by atoms with Gasteiger partial charge in [-0.05, 0) is 29.7 Å². The summed E-state index contributed by atoms with van der Waals surface area (Å²) < 4.78 is 5.24. The van der Waals surface area contributed by atoms with Gasteiger partial charge in [0.15, 0.2) is 0 Å². The van der Waals surface area contributed by atoms with Gasteiger partial charge in [0.05, 0.1) is 13.2 Å². The quantitative estimate of drug-likeness (QED) is 0.839. The third-order valence-corrected chi connectivity index (χ3v) is 3.73. The topological polar surface area (TPSA) is 44.7 Å². The van der Waals surface area contributed by atoms with Crippen LogP contribution in [0.2, 0.25) is 0 Å². The van der Waals surface area contributed by atoms with Crippen LogP contribution in [0.15, 0.2) is 18.2 Å². The minimum absolute atomic E-state index is 0.418. The molecule has 4 nitrogen and oxygen atoms in total. The van der Waals surface area contributed by atoms with Crippen LogP contribution in [0.4, 0.5) is 0 Å². The first kappa shape index (κ1) is 14.3. The Morgan fingerprint density at radius 2 is 2.11 bits per heavy atom. The fraction of sp³-hybridized carbons (Fsp3) is 0.600. The van der Waals surface area contributed by atoms with E-state index in [1.165, 1.54) is 5.56 Å². The van der Waals surface area contributed by atoms with E-state index in [1.54, 1.807) is 7.11 Å². The first-order valence-corrected chi connectivity index (χ1v) is 7.02. The summed E-state index contributed by atoms with van der Waals surface area (Å²) in [5.41, 5.74) is 2.20. The highest BCUT2D eigenvalue weighted by atomic mass is 16.5. The van der Waals surface area contributed by atoms with E-state index in [4.69, 9.17) is 4.74 Å². The Morgan fingerprint density at radius 3 is 2.74 bits per heavy atom. The summed E-state index contributed by atoms with van der Waals surface area (Å²) in [6, 6.07) is 5.94. The Kier molecular flexibility index (Phi) is 5.19. The number of aryl methyl sites for hydroxylation is 1. The third kappa shape index (κ3) is 3.69. The van der Waals surface area contributed by atoms with Crippen molar-refractivity contribution in [2.24, 2.45) is 0 Å². The molecule has 1 aromatic carbocycles. The molecule has 1 unspecified atom stereocenters. The number of hydrogen-bond donors (Lipinski definition) is 2. The van der Waals surface area contributed by atoms with Gasteiger partial charge >= 0.3 is 0 Å². The molecule has 1 atom stereocenters. The number of aliphatic hydroxyl groups excluding tert-OH is 1. The van der Waals surface area contributed by atoms with Crippen molar-refractivity contribution in [3.8, 4) is 5.75 Å². The normalized spacial score (nSPS) is 18.3. The number of nitrogens with one attached hydrogen (secondary N) is 1. The molecule has 0 bridgehead atoms. The highest BCUT2D eigenvalue weighted by Crippen LogP contribution is 2.24. The van der Waals surface area contributed by atoms with Crippen LogP contribution in [-0.4, -0.2) is 49.8 Å². The van der Waals surface area contributed by atoms with Crippen LogP contribution < -0.4 is 10.1 Å². The molecule has 0 saturated carbocycles.